The van der Waals surface area contributed by atoms with E-state index >= 15 is 0 Å². The summed E-state index contributed by atoms with van der Waals surface area (Å²) < 4.78 is 29.8. The van der Waals surface area contributed by atoms with Gasteiger partial charge in [-0.2, -0.15) is 0 Å². The van der Waals surface area contributed by atoms with Crippen LogP contribution in [0.1, 0.15) is 12.8 Å². The van der Waals surface area contributed by atoms with Crippen LogP contribution >= 0.6 is 0 Å². The molecule has 8 heteroatoms. The summed E-state index contributed by atoms with van der Waals surface area (Å²) in [4.78, 5) is 12.1. The third-order valence-corrected chi connectivity index (χ3v) is 7.45. The lowest BCUT2D eigenvalue weighted by molar-refractivity contribution is -0.121. The molecule has 1 aliphatic heterocycles. The number of anilines is 2. The Balaban J connectivity index is 1.83. The van der Waals surface area contributed by atoms with Gasteiger partial charge < -0.3 is 21.1 Å². The molecule has 144 valence electrons. The van der Waals surface area contributed by atoms with Crippen molar-refractivity contribution in [3.05, 3.63) is 48.5 Å². The number of carbonyl (C=O) groups is 1. The van der Waals surface area contributed by atoms with Gasteiger partial charge in [-0.15, -0.1) is 0 Å². The molecule has 0 aliphatic carbocycles. The van der Waals surface area contributed by atoms with Gasteiger partial charge in [0.15, 0.2) is 14.6 Å². The second-order valence-electron chi connectivity index (χ2n) is 6.49. The zero-order chi connectivity index (χ0) is 19.5. The van der Waals surface area contributed by atoms with Crippen molar-refractivity contribution >= 4 is 27.1 Å². The lowest BCUT2D eigenvalue weighted by Crippen LogP contribution is -2.56. The van der Waals surface area contributed by atoms with Crippen molar-refractivity contribution in [2.45, 2.75) is 22.5 Å². The van der Waals surface area contributed by atoms with E-state index in [0.29, 0.717) is 13.1 Å². The second-order valence-corrected chi connectivity index (χ2v) is 8.75. The number of hydrogen-bond donors (Lipinski definition) is 3. The first kappa shape index (κ1) is 19.2. The molecular weight excluding hydrogens is 366 g/mol. The van der Waals surface area contributed by atoms with Crippen molar-refractivity contribution in [3.63, 3.8) is 0 Å². The van der Waals surface area contributed by atoms with Crippen LogP contribution in [0.3, 0.4) is 0 Å². The zero-order valence-corrected chi connectivity index (χ0v) is 15.9. The molecule has 27 heavy (non-hydrogen) atoms. The Labute approximate surface area is 158 Å². The summed E-state index contributed by atoms with van der Waals surface area (Å²) in [6, 6.07) is 13.7. The molecule has 4 N–H and O–H groups in total. The molecule has 1 aliphatic rings. The fraction of sp³-hybridized carbons (Fsp3) is 0.316. The number of nitrogens with one attached hydrogen (secondary N) is 2. The molecule has 0 unspecified atom stereocenters. The van der Waals surface area contributed by atoms with Crippen LogP contribution in [0.4, 0.5) is 11.4 Å². The fourth-order valence-electron chi connectivity index (χ4n) is 3.26. The largest absolute Gasteiger partial charge is 0.497 e. The Bertz CT molecular complexity index is 903. The van der Waals surface area contributed by atoms with Crippen molar-refractivity contribution in [1.82, 2.24) is 5.32 Å². The minimum Gasteiger partial charge on any atom is -0.497 e. The van der Waals surface area contributed by atoms with Crippen molar-refractivity contribution in [3.8, 4) is 5.75 Å². The minimum absolute atomic E-state index is 0.100. The van der Waals surface area contributed by atoms with Crippen LogP contribution in [0.25, 0.3) is 0 Å². The molecule has 0 saturated carbocycles. The summed E-state index contributed by atoms with van der Waals surface area (Å²) in [5.41, 5.74) is 7.09. The smallest absolute Gasteiger partial charge is 0.239 e. The number of primary amides is 1. The van der Waals surface area contributed by atoms with Gasteiger partial charge >= 0.3 is 0 Å². The molecule has 0 atom stereocenters. The van der Waals surface area contributed by atoms with Gasteiger partial charge in [-0.25, -0.2) is 8.42 Å². The van der Waals surface area contributed by atoms with Gasteiger partial charge in [0.1, 0.15) is 5.75 Å². The normalized spacial score (nSPS) is 16.5. The molecule has 1 amide bonds. The Hall–Kier alpha value is -2.58. The third-order valence-electron chi connectivity index (χ3n) is 4.92. The van der Waals surface area contributed by atoms with Gasteiger partial charge in [0.05, 0.1) is 12.0 Å². The van der Waals surface area contributed by atoms with E-state index in [1.807, 2.05) is 24.3 Å². The molecule has 1 saturated heterocycles. The number of hydrogen-bond acceptors (Lipinski definition) is 6. The van der Waals surface area contributed by atoms with Crippen LogP contribution in [0.2, 0.25) is 0 Å². The standard InChI is InChI=1S/C19H23N3O4S/c1-26-16-6-2-14(3-7-16)22-15-4-8-17(9-5-15)27(24,25)19(18(20)23)10-12-21-13-11-19/h2-9,21-22H,10-13H2,1H3,(H2,20,23). The maximum atomic E-state index is 13.1. The van der Waals surface area contributed by atoms with E-state index in [0.717, 1.165) is 17.1 Å². The van der Waals surface area contributed by atoms with Gasteiger partial charge in [-0.1, -0.05) is 0 Å². The molecular formula is C19H23N3O4S. The summed E-state index contributed by atoms with van der Waals surface area (Å²) in [6.07, 6.45) is 0.354. The number of methoxy groups -OCH3 is 1. The molecule has 0 spiro atoms. The molecule has 0 bridgehead atoms. The first-order chi connectivity index (χ1) is 12.9. The molecule has 2 aromatic carbocycles. The number of piperidine rings is 1. The second kappa shape index (κ2) is 7.58. The molecule has 1 heterocycles. The predicted octanol–water partition coefficient (Wildman–Crippen LogP) is 1.82. The van der Waals surface area contributed by atoms with Crippen LogP contribution in [-0.4, -0.2) is 39.3 Å². The van der Waals surface area contributed by atoms with Gasteiger partial charge in [-0.3, -0.25) is 4.79 Å². The maximum Gasteiger partial charge on any atom is 0.239 e. The topological polar surface area (TPSA) is 111 Å². The highest BCUT2D eigenvalue weighted by atomic mass is 32.2. The molecule has 3 rings (SSSR count). The van der Waals surface area contributed by atoms with E-state index in [-0.39, 0.29) is 17.7 Å². The van der Waals surface area contributed by atoms with Crippen molar-refractivity contribution in [1.29, 1.82) is 0 Å². The first-order valence-corrected chi connectivity index (χ1v) is 10.1. The molecule has 0 aromatic heterocycles. The summed E-state index contributed by atoms with van der Waals surface area (Å²) in [7, 11) is -2.28. The fourth-order valence-corrected chi connectivity index (χ4v) is 5.21. The van der Waals surface area contributed by atoms with Gasteiger partial charge in [0, 0.05) is 11.4 Å². The highest BCUT2D eigenvalue weighted by Crippen LogP contribution is 2.34. The quantitative estimate of drug-likeness (QED) is 0.695. The van der Waals surface area contributed by atoms with E-state index in [1.54, 1.807) is 19.2 Å². The maximum absolute atomic E-state index is 13.1. The number of benzene rings is 2. The minimum atomic E-state index is -3.88. The predicted molar refractivity (Wildman–Crippen MR) is 104 cm³/mol. The highest BCUT2D eigenvalue weighted by Gasteiger charge is 2.50. The SMILES string of the molecule is COc1ccc(Nc2ccc(S(=O)(=O)C3(C(N)=O)CCNCC3)cc2)cc1. The lowest BCUT2D eigenvalue weighted by atomic mass is 9.96. The van der Waals surface area contributed by atoms with Crippen molar-refractivity contribution in [2.75, 3.05) is 25.5 Å². The lowest BCUT2D eigenvalue weighted by Gasteiger charge is -2.34. The molecule has 2 aromatic rings. The van der Waals surface area contributed by atoms with Gasteiger partial charge in [0.25, 0.3) is 0 Å². The first-order valence-electron chi connectivity index (χ1n) is 8.65. The van der Waals surface area contributed by atoms with E-state index in [1.165, 1.54) is 12.1 Å². The molecule has 1 fully saturated rings. The van der Waals surface area contributed by atoms with E-state index in [9.17, 15) is 13.2 Å². The summed E-state index contributed by atoms with van der Waals surface area (Å²) in [5.74, 6) is -0.0369. The number of amides is 1. The number of carbonyl (C=O) groups excluding carboxylic acids is 1. The third kappa shape index (κ3) is 3.63. The van der Waals surface area contributed by atoms with Crippen molar-refractivity contribution in [2.24, 2.45) is 5.73 Å². The van der Waals surface area contributed by atoms with Crippen LogP contribution in [-0.2, 0) is 14.6 Å². The summed E-state index contributed by atoms with van der Waals surface area (Å²) in [6.45, 7) is 0.887. The summed E-state index contributed by atoms with van der Waals surface area (Å²) >= 11 is 0. The van der Waals surface area contributed by atoms with E-state index in [4.69, 9.17) is 10.5 Å². The van der Waals surface area contributed by atoms with Crippen molar-refractivity contribution < 1.29 is 17.9 Å². The van der Waals surface area contributed by atoms with Crippen LogP contribution < -0.4 is 21.1 Å². The van der Waals surface area contributed by atoms with E-state index in [2.05, 4.69) is 10.6 Å². The Morgan fingerprint density at radius 3 is 2.04 bits per heavy atom. The molecule has 7 nitrogen and oxygen atoms in total. The van der Waals surface area contributed by atoms with Crippen LogP contribution in [0, 0.1) is 0 Å². The Morgan fingerprint density at radius 2 is 1.56 bits per heavy atom. The number of sulfone groups is 1. The highest BCUT2D eigenvalue weighted by molar-refractivity contribution is 7.93. The van der Waals surface area contributed by atoms with Gasteiger partial charge in [-0.05, 0) is 74.5 Å². The number of rotatable bonds is 6. The van der Waals surface area contributed by atoms with E-state index < -0.39 is 20.5 Å². The average molecular weight is 389 g/mol. The van der Waals surface area contributed by atoms with Crippen LogP contribution in [0.15, 0.2) is 53.4 Å². The molecule has 0 radical (unpaired) electrons. The average Bonchev–Trinajstić information content (AvgIpc) is 2.69. The van der Waals surface area contributed by atoms with Gasteiger partial charge in [0.2, 0.25) is 5.91 Å². The van der Waals surface area contributed by atoms with Crippen LogP contribution in [0.5, 0.6) is 5.75 Å². The monoisotopic (exact) mass is 389 g/mol. The number of nitrogens with two attached hydrogens (primary N) is 1. The Kier molecular flexibility index (Phi) is 5.38. The zero-order valence-electron chi connectivity index (χ0n) is 15.1. The number of ether oxygens (including phenoxy) is 1. The summed E-state index contributed by atoms with van der Waals surface area (Å²) in [5, 5.41) is 6.27. The Morgan fingerprint density at radius 1 is 1.04 bits per heavy atom.